The summed E-state index contributed by atoms with van der Waals surface area (Å²) in [4.78, 5) is 13.5. The van der Waals surface area contributed by atoms with Crippen LogP contribution in [0.1, 0.15) is 43.0 Å². The van der Waals surface area contributed by atoms with E-state index >= 15 is 0 Å². The van der Waals surface area contributed by atoms with E-state index in [4.69, 9.17) is 9.47 Å². The Balaban J connectivity index is 1.93. The maximum atomic E-state index is 13.5. The molecule has 4 heteroatoms. The van der Waals surface area contributed by atoms with Gasteiger partial charge in [-0.05, 0) is 59.4 Å². The highest BCUT2D eigenvalue weighted by Gasteiger charge is 2.20. The first-order chi connectivity index (χ1) is 15.5. The molecule has 1 amide bonds. The van der Waals surface area contributed by atoms with Gasteiger partial charge in [-0.1, -0.05) is 68.4 Å². The van der Waals surface area contributed by atoms with E-state index in [0.717, 1.165) is 34.6 Å². The molecule has 3 rings (SSSR count). The number of carbonyl (C=O) groups is 1. The molecule has 0 aliphatic heterocycles. The van der Waals surface area contributed by atoms with Gasteiger partial charge in [-0.3, -0.25) is 4.79 Å². The summed E-state index contributed by atoms with van der Waals surface area (Å²) in [5, 5.41) is 3.27. The van der Waals surface area contributed by atoms with Crippen LogP contribution in [0.25, 0.3) is 11.6 Å². The lowest BCUT2D eigenvalue weighted by Crippen LogP contribution is -2.30. The summed E-state index contributed by atoms with van der Waals surface area (Å²) in [5.74, 6) is 1.90. The molecule has 0 aliphatic rings. The number of methoxy groups -OCH3 is 2. The van der Waals surface area contributed by atoms with Crippen LogP contribution in [0.3, 0.4) is 0 Å². The number of benzene rings is 3. The zero-order valence-corrected chi connectivity index (χ0v) is 19.2. The average Bonchev–Trinajstić information content (AvgIpc) is 2.82. The zero-order chi connectivity index (χ0) is 22.9. The first-order valence-corrected chi connectivity index (χ1v) is 10.9. The van der Waals surface area contributed by atoms with Crippen molar-refractivity contribution in [2.45, 2.75) is 26.3 Å². The molecule has 0 saturated carbocycles. The Morgan fingerprint density at radius 1 is 0.844 bits per heavy atom. The van der Waals surface area contributed by atoms with Gasteiger partial charge in [0.25, 0.3) is 5.91 Å². The first-order valence-electron chi connectivity index (χ1n) is 10.9. The Kier molecular flexibility index (Phi) is 8.09. The first kappa shape index (κ1) is 23.1. The molecule has 1 atom stereocenters. The Bertz CT molecular complexity index is 1020. The summed E-state index contributed by atoms with van der Waals surface area (Å²) in [7, 11) is 3.29. The third-order valence-electron chi connectivity index (χ3n) is 5.29. The van der Waals surface area contributed by atoms with E-state index in [0.29, 0.717) is 11.5 Å². The van der Waals surface area contributed by atoms with E-state index in [1.807, 2.05) is 84.9 Å². The van der Waals surface area contributed by atoms with Gasteiger partial charge in [0.15, 0.2) is 0 Å². The molecule has 0 unspecified atom stereocenters. The van der Waals surface area contributed by atoms with Crippen molar-refractivity contribution >= 4 is 17.6 Å². The summed E-state index contributed by atoms with van der Waals surface area (Å²) in [6.45, 7) is 4.32. The fourth-order valence-electron chi connectivity index (χ4n) is 3.59. The maximum absolute atomic E-state index is 13.5. The van der Waals surface area contributed by atoms with Crippen molar-refractivity contribution in [2.75, 3.05) is 14.2 Å². The van der Waals surface area contributed by atoms with E-state index in [1.54, 1.807) is 14.2 Å². The molecule has 3 aromatic carbocycles. The van der Waals surface area contributed by atoms with Crippen molar-refractivity contribution in [2.24, 2.45) is 5.92 Å². The summed E-state index contributed by atoms with van der Waals surface area (Å²) in [6, 6.07) is 25.2. The van der Waals surface area contributed by atoms with Crippen molar-refractivity contribution in [1.29, 1.82) is 0 Å². The molecular weight excluding hydrogens is 398 g/mol. The Labute approximate surface area is 190 Å². The SMILES string of the molecule is COc1ccc(/C=C(/C(=O)N[C@@H](CC(C)C)c2ccc(OC)cc2)c2ccccc2)cc1. The van der Waals surface area contributed by atoms with Crippen LogP contribution in [0.15, 0.2) is 78.9 Å². The molecule has 32 heavy (non-hydrogen) atoms. The second-order valence-corrected chi connectivity index (χ2v) is 8.13. The van der Waals surface area contributed by atoms with Crippen molar-refractivity contribution in [3.05, 3.63) is 95.6 Å². The fraction of sp³-hybridized carbons (Fsp3) is 0.250. The number of carbonyl (C=O) groups excluding carboxylic acids is 1. The number of ether oxygens (including phenoxy) is 2. The molecular formula is C28H31NO3. The van der Waals surface area contributed by atoms with Crippen molar-refractivity contribution in [1.82, 2.24) is 5.32 Å². The molecule has 4 nitrogen and oxygen atoms in total. The predicted octanol–water partition coefficient (Wildman–Crippen LogP) is 6.15. The van der Waals surface area contributed by atoms with Crippen LogP contribution in [0.2, 0.25) is 0 Å². The summed E-state index contributed by atoms with van der Waals surface area (Å²) < 4.78 is 10.5. The van der Waals surface area contributed by atoms with Crippen molar-refractivity contribution < 1.29 is 14.3 Å². The van der Waals surface area contributed by atoms with Crippen molar-refractivity contribution in [3.63, 3.8) is 0 Å². The largest absolute Gasteiger partial charge is 0.497 e. The number of nitrogens with one attached hydrogen (secondary N) is 1. The molecule has 166 valence electrons. The van der Waals surface area contributed by atoms with Gasteiger partial charge < -0.3 is 14.8 Å². The minimum absolute atomic E-state index is 0.101. The monoisotopic (exact) mass is 429 g/mol. The third-order valence-corrected chi connectivity index (χ3v) is 5.29. The van der Waals surface area contributed by atoms with Gasteiger partial charge in [0.1, 0.15) is 11.5 Å². The van der Waals surface area contributed by atoms with E-state index < -0.39 is 0 Å². The van der Waals surface area contributed by atoms with Crippen LogP contribution in [0.5, 0.6) is 11.5 Å². The minimum atomic E-state index is -0.103. The lowest BCUT2D eigenvalue weighted by molar-refractivity contribution is -0.116. The van der Waals surface area contributed by atoms with Crippen LogP contribution >= 0.6 is 0 Å². The lowest BCUT2D eigenvalue weighted by Gasteiger charge is -2.22. The number of hydrogen-bond donors (Lipinski definition) is 1. The minimum Gasteiger partial charge on any atom is -0.497 e. The summed E-state index contributed by atoms with van der Waals surface area (Å²) in [5.41, 5.74) is 3.49. The molecule has 0 aliphatic carbocycles. The fourth-order valence-corrected chi connectivity index (χ4v) is 3.59. The normalized spacial score (nSPS) is 12.3. The number of hydrogen-bond acceptors (Lipinski definition) is 3. The smallest absolute Gasteiger partial charge is 0.252 e. The number of rotatable bonds is 9. The average molecular weight is 430 g/mol. The topological polar surface area (TPSA) is 47.6 Å². The maximum Gasteiger partial charge on any atom is 0.252 e. The van der Waals surface area contributed by atoms with Crippen LogP contribution in [-0.4, -0.2) is 20.1 Å². The molecule has 0 spiro atoms. The molecule has 0 saturated heterocycles. The van der Waals surface area contributed by atoms with Gasteiger partial charge in [-0.25, -0.2) is 0 Å². The molecule has 0 radical (unpaired) electrons. The predicted molar refractivity (Wildman–Crippen MR) is 131 cm³/mol. The zero-order valence-electron chi connectivity index (χ0n) is 19.2. The quantitative estimate of drug-likeness (QED) is 0.328. The van der Waals surface area contributed by atoms with Gasteiger partial charge in [-0.2, -0.15) is 0 Å². The third kappa shape index (κ3) is 6.24. The van der Waals surface area contributed by atoms with Gasteiger partial charge in [0.2, 0.25) is 0 Å². The Morgan fingerprint density at radius 2 is 1.41 bits per heavy atom. The second-order valence-electron chi connectivity index (χ2n) is 8.13. The Hall–Kier alpha value is -3.53. The molecule has 0 aromatic heterocycles. The Morgan fingerprint density at radius 3 is 1.94 bits per heavy atom. The molecule has 1 N–H and O–H groups in total. The van der Waals surface area contributed by atoms with Gasteiger partial charge in [0.05, 0.1) is 20.3 Å². The van der Waals surface area contributed by atoms with Gasteiger partial charge in [-0.15, -0.1) is 0 Å². The molecule has 0 fully saturated rings. The lowest BCUT2D eigenvalue weighted by atomic mass is 9.95. The van der Waals surface area contributed by atoms with Crippen LogP contribution in [0, 0.1) is 5.92 Å². The van der Waals surface area contributed by atoms with E-state index in [1.165, 1.54) is 0 Å². The molecule has 0 heterocycles. The van der Waals surface area contributed by atoms with Gasteiger partial charge >= 0.3 is 0 Å². The highest BCUT2D eigenvalue weighted by Crippen LogP contribution is 2.26. The molecule has 0 bridgehead atoms. The highest BCUT2D eigenvalue weighted by atomic mass is 16.5. The molecule has 3 aromatic rings. The van der Waals surface area contributed by atoms with E-state index in [2.05, 4.69) is 19.2 Å². The van der Waals surface area contributed by atoms with Crippen LogP contribution < -0.4 is 14.8 Å². The van der Waals surface area contributed by atoms with Crippen LogP contribution in [0.4, 0.5) is 0 Å². The van der Waals surface area contributed by atoms with E-state index in [9.17, 15) is 4.79 Å². The second kappa shape index (κ2) is 11.2. The number of amides is 1. The van der Waals surface area contributed by atoms with Crippen LogP contribution in [-0.2, 0) is 4.79 Å². The van der Waals surface area contributed by atoms with E-state index in [-0.39, 0.29) is 11.9 Å². The summed E-state index contributed by atoms with van der Waals surface area (Å²) >= 11 is 0. The van der Waals surface area contributed by atoms with Gasteiger partial charge in [0, 0.05) is 5.57 Å². The summed E-state index contributed by atoms with van der Waals surface area (Å²) in [6.07, 6.45) is 2.76. The van der Waals surface area contributed by atoms with Crippen molar-refractivity contribution in [3.8, 4) is 11.5 Å². The standard InChI is InChI=1S/C28H31NO3/c1-20(2)18-27(23-12-16-25(32-4)17-13-23)29-28(30)26(22-8-6-5-7-9-22)19-21-10-14-24(31-3)15-11-21/h5-17,19-20,27H,18H2,1-4H3,(H,29,30)/b26-19+/t27-/m0/s1. The highest BCUT2D eigenvalue weighted by molar-refractivity contribution is 6.24.